The lowest BCUT2D eigenvalue weighted by molar-refractivity contribution is 0.371. The Kier molecular flexibility index (Phi) is 4.90. The number of halogens is 1. The van der Waals surface area contributed by atoms with Crippen molar-refractivity contribution in [2.75, 3.05) is 11.9 Å². The van der Waals surface area contributed by atoms with Crippen LogP contribution in [0.25, 0.3) is 0 Å². The van der Waals surface area contributed by atoms with E-state index in [0.29, 0.717) is 12.1 Å². The van der Waals surface area contributed by atoms with E-state index in [4.69, 9.17) is 11.6 Å². The van der Waals surface area contributed by atoms with Crippen molar-refractivity contribution in [3.63, 3.8) is 0 Å². The van der Waals surface area contributed by atoms with E-state index in [2.05, 4.69) is 30.5 Å². The van der Waals surface area contributed by atoms with Crippen molar-refractivity contribution in [2.24, 2.45) is 0 Å². The lowest BCUT2D eigenvalue weighted by atomic mass is 9.98. The smallest absolute Gasteiger partial charge is 0.0455 e. The van der Waals surface area contributed by atoms with Crippen molar-refractivity contribution in [1.82, 2.24) is 5.32 Å². The first-order chi connectivity index (χ1) is 8.66. The Morgan fingerprint density at radius 3 is 3.00 bits per heavy atom. The molecule has 2 rings (SSSR count). The molecule has 1 heterocycles. The summed E-state index contributed by atoms with van der Waals surface area (Å²) in [5.74, 6) is 0. The molecule has 0 spiro atoms. The molecule has 1 aromatic rings. The van der Waals surface area contributed by atoms with Crippen LogP contribution in [0, 0.1) is 6.92 Å². The van der Waals surface area contributed by atoms with Gasteiger partial charge in [-0.15, -0.1) is 0 Å². The Morgan fingerprint density at radius 1 is 1.44 bits per heavy atom. The number of benzene rings is 1. The summed E-state index contributed by atoms with van der Waals surface area (Å²) in [6.45, 7) is 5.49. The minimum atomic E-state index is 0.470. The highest BCUT2D eigenvalue weighted by Crippen LogP contribution is 2.24. The van der Waals surface area contributed by atoms with Gasteiger partial charge in [-0.2, -0.15) is 0 Å². The van der Waals surface area contributed by atoms with Crippen LogP contribution in [0.3, 0.4) is 0 Å². The van der Waals surface area contributed by atoms with Gasteiger partial charge in [0.15, 0.2) is 0 Å². The maximum absolute atomic E-state index is 6.14. The molecule has 3 heteroatoms. The van der Waals surface area contributed by atoms with E-state index in [0.717, 1.165) is 16.3 Å². The van der Waals surface area contributed by atoms with Crippen LogP contribution in [-0.4, -0.2) is 18.6 Å². The van der Waals surface area contributed by atoms with Gasteiger partial charge in [0.25, 0.3) is 0 Å². The van der Waals surface area contributed by atoms with E-state index in [1.165, 1.54) is 32.2 Å². The first kappa shape index (κ1) is 13.7. The van der Waals surface area contributed by atoms with Gasteiger partial charge in [-0.1, -0.05) is 24.1 Å². The Bertz CT molecular complexity index is 386. The number of hydrogen-bond donors (Lipinski definition) is 2. The lowest BCUT2D eigenvalue weighted by Gasteiger charge is -2.27. The third-order valence-electron chi connectivity index (χ3n) is 3.72. The molecule has 2 atom stereocenters. The summed E-state index contributed by atoms with van der Waals surface area (Å²) in [7, 11) is 0. The third kappa shape index (κ3) is 3.63. The SMILES string of the molecule is Cc1c(Cl)cccc1NC(C)CC1CCCCN1. The summed E-state index contributed by atoms with van der Waals surface area (Å²) in [6.07, 6.45) is 5.17. The van der Waals surface area contributed by atoms with Crippen LogP contribution >= 0.6 is 11.6 Å². The minimum Gasteiger partial charge on any atom is -0.382 e. The Morgan fingerprint density at radius 2 is 2.28 bits per heavy atom. The number of rotatable bonds is 4. The van der Waals surface area contributed by atoms with Crippen molar-refractivity contribution in [3.05, 3.63) is 28.8 Å². The molecule has 0 radical (unpaired) electrons. The molecule has 2 N–H and O–H groups in total. The van der Waals surface area contributed by atoms with Gasteiger partial charge in [-0.05, 0) is 57.4 Å². The van der Waals surface area contributed by atoms with Crippen LogP contribution in [0.4, 0.5) is 5.69 Å². The molecule has 1 aliphatic heterocycles. The fourth-order valence-electron chi connectivity index (χ4n) is 2.64. The summed E-state index contributed by atoms with van der Waals surface area (Å²) < 4.78 is 0. The van der Waals surface area contributed by atoms with Crippen LogP contribution in [0.15, 0.2) is 18.2 Å². The zero-order valence-electron chi connectivity index (χ0n) is 11.3. The molecule has 1 fully saturated rings. The van der Waals surface area contributed by atoms with Crippen LogP contribution in [0.2, 0.25) is 5.02 Å². The van der Waals surface area contributed by atoms with Gasteiger partial charge in [0, 0.05) is 22.8 Å². The monoisotopic (exact) mass is 266 g/mol. The molecule has 2 nitrogen and oxygen atoms in total. The molecule has 2 unspecified atom stereocenters. The fourth-order valence-corrected chi connectivity index (χ4v) is 2.81. The van der Waals surface area contributed by atoms with E-state index < -0.39 is 0 Å². The zero-order chi connectivity index (χ0) is 13.0. The molecule has 0 bridgehead atoms. The highest BCUT2D eigenvalue weighted by Gasteiger charge is 2.16. The maximum atomic E-state index is 6.14. The van der Waals surface area contributed by atoms with Crippen LogP contribution < -0.4 is 10.6 Å². The Hall–Kier alpha value is -0.730. The Balaban J connectivity index is 1.90. The molecule has 1 aliphatic rings. The van der Waals surface area contributed by atoms with Crippen LogP contribution in [0.1, 0.15) is 38.2 Å². The summed E-state index contributed by atoms with van der Waals surface area (Å²) in [5.41, 5.74) is 2.30. The Labute approximate surface area is 115 Å². The van der Waals surface area contributed by atoms with Gasteiger partial charge in [0.2, 0.25) is 0 Å². The van der Waals surface area contributed by atoms with Crippen molar-refractivity contribution >= 4 is 17.3 Å². The van der Waals surface area contributed by atoms with Crippen molar-refractivity contribution in [2.45, 2.75) is 51.6 Å². The topological polar surface area (TPSA) is 24.1 Å². The predicted octanol–water partition coefficient (Wildman–Crippen LogP) is 3.98. The number of nitrogens with one attached hydrogen (secondary N) is 2. The van der Waals surface area contributed by atoms with E-state index in [9.17, 15) is 0 Å². The highest BCUT2D eigenvalue weighted by atomic mass is 35.5. The normalized spacial score (nSPS) is 21.6. The number of hydrogen-bond acceptors (Lipinski definition) is 2. The molecule has 18 heavy (non-hydrogen) atoms. The van der Waals surface area contributed by atoms with E-state index in [-0.39, 0.29) is 0 Å². The molecule has 0 aromatic heterocycles. The van der Waals surface area contributed by atoms with Gasteiger partial charge in [-0.25, -0.2) is 0 Å². The van der Waals surface area contributed by atoms with Gasteiger partial charge in [0.05, 0.1) is 0 Å². The average molecular weight is 267 g/mol. The number of anilines is 1. The second-order valence-corrected chi connectivity index (χ2v) is 5.75. The first-order valence-electron chi connectivity index (χ1n) is 6.92. The van der Waals surface area contributed by atoms with Crippen molar-refractivity contribution < 1.29 is 0 Å². The molecular formula is C15H23ClN2. The lowest BCUT2D eigenvalue weighted by Crippen LogP contribution is -2.37. The van der Waals surface area contributed by atoms with Gasteiger partial charge in [0.1, 0.15) is 0 Å². The average Bonchev–Trinajstić information content (AvgIpc) is 2.36. The molecule has 1 saturated heterocycles. The quantitative estimate of drug-likeness (QED) is 0.861. The highest BCUT2D eigenvalue weighted by molar-refractivity contribution is 6.31. The van der Waals surface area contributed by atoms with Crippen molar-refractivity contribution in [1.29, 1.82) is 0 Å². The standard InChI is InChI=1S/C15H23ClN2/c1-11(10-13-6-3-4-9-17-13)18-15-8-5-7-14(16)12(15)2/h5,7-8,11,13,17-18H,3-4,6,9-10H2,1-2H3. The van der Waals surface area contributed by atoms with Crippen LogP contribution in [0.5, 0.6) is 0 Å². The van der Waals surface area contributed by atoms with E-state index in [1.807, 2.05) is 12.1 Å². The fraction of sp³-hybridized carbons (Fsp3) is 0.600. The summed E-state index contributed by atoms with van der Waals surface area (Å²) in [4.78, 5) is 0. The van der Waals surface area contributed by atoms with Gasteiger partial charge >= 0.3 is 0 Å². The molecule has 0 aliphatic carbocycles. The minimum absolute atomic E-state index is 0.470. The summed E-state index contributed by atoms with van der Waals surface area (Å²) in [5, 5.41) is 8.01. The summed E-state index contributed by atoms with van der Waals surface area (Å²) >= 11 is 6.14. The number of piperidine rings is 1. The van der Waals surface area contributed by atoms with E-state index >= 15 is 0 Å². The van der Waals surface area contributed by atoms with Crippen molar-refractivity contribution in [3.8, 4) is 0 Å². The molecule has 0 amide bonds. The zero-order valence-corrected chi connectivity index (χ0v) is 12.1. The second kappa shape index (κ2) is 6.44. The first-order valence-corrected chi connectivity index (χ1v) is 7.29. The van der Waals surface area contributed by atoms with Gasteiger partial charge in [-0.3, -0.25) is 0 Å². The molecule has 1 aromatic carbocycles. The maximum Gasteiger partial charge on any atom is 0.0455 e. The largest absolute Gasteiger partial charge is 0.382 e. The van der Waals surface area contributed by atoms with Gasteiger partial charge < -0.3 is 10.6 Å². The predicted molar refractivity (Wildman–Crippen MR) is 79.5 cm³/mol. The molecule has 0 saturated carbocycles. The molecular weight excluding hydrogens is 244 g/mol. The molecule has 100 valence electrons. The summed E-state index contributed by atoms with van der Waals surface area (Å²) in [6, 6.07) is 7.18. The second-order valence-electron chi connectivity index (χ2n) is 5.34. The van der Waals surface area contributed by atoms with E-state index in [1.54, 1.807) is 0 Å². The van der Waals surface area contributed by atoms with Crippen LogP contribution in [-0.2, 0) is 0 Å². The third-order valence-corrected chi connectivity index (χ3v) is 4.13.